The SMILES string of the molecule is CNCc1ccc(Oc2ccc(SC)cc2)nn1. The average Bonchev–Trinajstić information content (AvgIpc) is 2.42. The lowest BCUT2D eigenvalue weighted by molar-refractivity contribution is 0.453. The topological polar surface area (TPSA) is 47.0 Å². The van der Waals surface area contributed by atoms with Crippen molar-refractivity contribution in [2.45, 2.75) is 11.4 Å². The number of nitrogens with zero attached hydrogens (tertiary/aromatic N) is 2. The van der Waals surface area contributed by atoms with Crippen molar-refractivity contribution in [1.82, 2.24) is 15.5 Å². The summed E-state index contributed by atoms with van der Waals surface area (Å²) in [6.07, 6.45) is 2.04. The zero-order valence-corrected chi connectivity index (χ0v) is 11.2. The summed E-state index contributed by atoms with van der Waals surface area (Å²) in [5, 5.41) is 11.1. The Bertz CT molecular complexity index is 485. The van der Waals surface area contributed by atoms with Gasteiger partial charge in [-0.3, -0.25) is 0 Å². The van der Waals surface area contributed by atoms with Gasteiger partial charge in [-0.1, -0.05) is 0 Å². The molecule has 5 heteroatoms. The molecule has 0 aliphatic rings. The van der Waals surface area contributed by atoms with Crippen molar-refractivity contribution in [3.8, 4) is 11.6 Å². The number of ether oxygens (including phenoxy) is 1. The van der Waals surface area contributed by atoms with E-state index < -0.39 is 0 Å². The first-order valence-electron chi connectivity index (χ1n) is 5.61. The van der Waals surface area contributed by atoms with Gasteiger partial charge in [0.1, 0.15) is 5.75 Å². The molecule has 0 aliphatic carbocycles. The summed E-state index contributed by atoms with van der Waals surface area (Å²) in [4.78, 5) is 1.21. The molecule has 0 unspecified atom stereocenters. The van der Waals surface area contributed by atoms with Crippen molar-refractivity contribution in [1.29, 1.82) is 0 Å². The summed E-state index contributed by atoms with van der Waals surface area (Å²) >= 11 is 1.70. The van der Waals surface area contributed by atoms with E-state index in [1.54, 1.807) is 11.8 Å². The normalized spacial score (nSPS) is 10.3. The molecule has 1 aromatic heterocycles. The van der Waals surface area contributed by atoms with Gasteiger partial charge in [-0.15, -0.1) is 16.9 Å². The van der Waals surface area contributed by atoms with Crippen LogP contribution >= 0.6 is 11.8 Å². The van der Waals surface area contributed by atoms with Crippen LogP contribution in [-0.2, 0) is 6.54 Å². The first kappa shape index (κ1) is 12.9. The molecule has 0 aliphatic heterocycles. The molecule has 94 valence electrons. The molecular weight excluding hydrogens is 246 g/mol. The summed E-state index contributed by atoms with van der Waals surface area (Å²) in [5.74, 6) is 1.27. The second-order valence-electron chi connectivity index (χ2n) is 3.67. The van der Waals surface area contributed by atoms with Crippen LogP contribution in [0.2, 0.25) is 0 Å². The molecule has 1 N–H and O–H groups in total. The molecule has 18 heavy (non-hydrogen) atoms. The largest absolute Gasteiger partial charge is 0.438 e. The lowest BCUT2D eigenvalue weighted by Gasteiger charge is -2.05. The number of hydrogen-bond donors (Lipinski definition) is 1. The molecule has 0 saturated heterocycles. The predicted molar refractivity (Wildman–Crippen MR) is 73.1 cm³/mol. The molecule has 0 spiro atoms. The Hall–Kier alpha value is -1.59. The third-order valence-electron chi connectivity index (χ3n) is 2.34. The maximum Gasteiger partial charge on any atom is 0.238 e. The quantitative estimate of drug-likeness (QED) is 0.839. The van der Waals surface area contributed by atoms with Crippen molar-refractivity contribution >= 4 is 11.8 Å². The lowest BCUT2D eigenvalue weighted by atomic mass is 10.3. The molecule has 0 radical (unpaired) electrons. The lowest BCUT2D eigenvalue weighted by Crippen LogP contribution is -2.07. The number of thioether (sulfide) groups is 1. The first-order chi connectivity index (χ1) is 8.81. The van der Waals surface area contributed by atoms with E-state index in [-0.39, 0.29) is 0 Å². The third-order valence-corrected chi connectivity index (χ3v) is 3.08. The van der Waals surface area contributed by atoms with E-state index in [0.717, 1.165) is 11.4 Å². The fourth-order valence-electron chi connectivity index (χ4n) is 1.44. The molecule has 2 rings (SSSR count). The van der Waals surface area contributed by atoms with E-state index in [4.69, 9.17) is 4.74 Å². The Morgan fingerprint density at radius 1 is 1.11 bits per heavy atom. The maximum atomic E-state index is 5.61. The molecule has 0 atom stereocenters. The van der Waals surface area contributed by atoms with Crippen molar-refractivity contribution in [3.05, 3.63) is 42.1 Å². The van der Waals surface area contributed by atoms with Crippen molar-refractivity contribution in [2.75, 3.05) is 13.3 Å². The van der Waals surface area contributed by atoms with Gasteiger partial charge in [-0.2, -0.15) is 5.10 Å². The van der Waals surface area contributed by atoms with Gasteiger partial charge < -0.3 is 10.1 Å². The van der Waals surface area contributed by atoms with Gasteiger partial charge >= 0.3 is 0 Å². The third kappa shape index (κ3) is 3.45. The van der Waals surface area contributed by atoms with Gasteiger partial charge in [0.25, 0.3) is 0 Å². The van der Waals surface area contributed by atoms with Crippen LogP contribution in [0.5, 0.6) is 11.6 Å². The van der Waals surface area contributed by atoms with E-state index in [9.17, 15) is 0 Å². The smallest absolute Gasteiger partial charge is 0.238 e. The van der Waals surface area contributed by atoms with Crippen molar-refractivity contribution in [2.24, 2.45) is 0 Å². The van der Waals surface area contributed by atoms with Gasteiger partial charge in [-0.25, -0.2) is 0 Å². The molecular formula is C13H15N3OS. The van der Waals surface area contributed by atoms with Gasteiger partial charge in [-0.05, 0) is 43.6 Å². The minimum Gasteiger partial charge on any atom is -0.438 e. The minimum atomic E-state index is 0.506. The predicted octanol–water partition coefficient (Wildman–Crippen LogP) is 2.71. The highest BCUT2D eigenvalue weighted by molar-refractivity contribution is 7.98. The Morgan fingerprint density at radius 3 is 2.44 bits per heavy atom. The highest BCUT2D eigenvalue weighted by Gasteiger charge is 2.00. The number of benzene rings is 1. The Labute approximate surface area is 111 Å². The minimum absolute atomic E-state index is 0.506. The van der Waals surface area contributed by atoms with Crippen LogP contribution in [0.4, 0.5) is 0 Å². The van der Waals surface area contributed by atoms with Crippen LogP contribution in [0.15, 0.2) is 41.3 Å². The second kappa shape index (κ2) is 6.37. The summed E-state index contributed by atoms with van der Waals surface area (Å²) in [6.45, 7) is 0.704. The zero-order valence-electron chi connectivity index (χ0n) is 10.4. The fraction of sp³-hybridized carbons (Fsp3) is 0.231. The van der Waals surface area contributed by atoms with Gasteiger partial charge in [0.15, 0.2) is 0 Å². The van der Waals surface area contributed by atoms with Crippen LogP contribution in [0, 0.1) is 0 Å². The van der Waals surface area contributed by atoms with E-state index in [1.807, 2.05) is 49.7 Å². The number of hydrogen-bond acceptors (Lipinski definition) is 5. The van der Waals surface area contributed by atoms with E-state index >= 15 is 0 Å². The second-order valence-corrected chi connectivity index (χ2v) is 4.55. The number of rotatable bonds is 5. The van der Waals surface area contributed by atoms with E-state index in [2.05, 4.69) is 15.5 Å². The molecule has 2 aromatic rings. The molecule has 1 aromatic carbocycles. The molecule has 0 bridgehead atoms. The molecule has 0 saturated carbocycles. The first-order valence-corrected chi connectivity index (χ1v) is 6.83. The van der Waals surface area contributed by atoms with Gasteiger partial charge in [0.05, 0.1) is 5.69 Å². The summed E-state index contributed by atoms with van der Waals surface area (Å²) in [7, 11) is 1.87. The average molecular weight is 261 g/mol. The van der Waals surface area contributed by atoms with Gasteiger partial charge in [0, 0.05) is 17.5 Å². The van der Waals surface area contributed by atoms with E-state index in [0.29, 0.717) is 12.4 Å². The van der Waals surface area contributed by atoms with Crippen molar-refractivity contribution < 1.29 is 4.74 Å². The van der Waals surface area contributed by atoms with Gasteiger partial charge in [0.2, 0.25) is 5.88 Å². The van der Waals surface area contributed by atoms with Crippen LogP contribution in [0.25, 0.3) is 0 Å². The van der Waals surface area contributed by atoms with Crippen LogP contribution in [-0.4, -0.2) is 23.5 Å². The van der Waals surface area contributed by atoms with Crippen LogP contribution < -0.4 is 10.1 Å². The highest BCUT2D eigenvalue weighted by Crippen LogP contribution is 2.22. The Balaban J connectivity index is 2.03. The summed E-state index contributed by atoms with van der Waals surface area (Å²) in [6, 6.07) is 11.6. The maximum absolute atomic E-state index is 5.61. The zero-order chi connectivity index (χ0) is 12.8. The molecule has 1 heterocycles. The Kier molecular flexibility index (Phi) is 4.55. The number of aromatic nitrogens is 2. The fourth-order valence-corrected chi connectivity index (χ4v) is 1.85. The summed E-state index contributed by atoms with van der Waals surface area (Å²) < 4.78 is 5.61. The molecule has 4 nitrogen and oxygen atoms in total. The van der Waals surface area contributed by atoms with Crippen LogP contribution in [0.1, 0.15) is 5.69 Å². The Morgan fingerprint density at radius 2 is 1.89 bits per heavy atom. The molecule has 0 amide bonds. The molecule has 0 fully saturated rings. The monoisotopic (exact) mass is 261 g/mol. The standard InChI is InChI=1S/C13H15N3OS/c1-14-9-10-3-8-13(16-15-10)17-11-4-6-12(18-2)7-5-11/h3-8,14H,9H2,1-2H3. The highest BCUT2D eigenvalue weighted by atomic mass is 32.2. The van der Waals surface area contributed by atoms with Crippen LogP contribution in [0.3, 0.4) is 0 Å². The van der Waals surface area contributed by atoms with E-state index in [1.165, 1.54) is 4.90 Å². The summed E-state index contributed by atoms with van der Waals surface area (Å²) in [5.41, 5.74) is 0.891. The number of nitrogens with one attached hydrogen (secondary N) is 1. The van der Waals surface area contributed by atoms with Crippen molar-refractivity contribution in [3.63, 3.8) is 0 Å².